The molecule has 112 valence electrons. The van der Waals surface area contributed by atoms with Crippen LogP contribution in [0.15, 0.2) is 35.3 Å². The lowest BCUT2D eigenvalue weighted by Gasteiger charge is -2.08. The van der Waals surface area contributed by atoms with Crippen LogP contribution in [-0.4, -0.2) is 38.2 Å². The molecule has 1 aromatic carbocycles. The predicted octanol–water partition coefficient (Wildman–Crippen LogP) is 1.14. The van der Waals surface area contributed by atoms with Gasteiger partial charge in [0, 0.05) is 17.8 Å². The van der Waals surface area contributed by atoms with Crippen molar-refractivity contribution in [2.45, 2.75) is 0 Å². The van der Waals surface area contributed by atoms with Crippen molar-refractivity contribution in [3.63, 3.8) is 0 Å². The van der Waals surface area contributed by atoms with E-state index < -0.39 is 23.5 Å². The first-order valence-corrected chi connectivity index (χ1v) is 5.87. The van der Waals surface area contributed by atoms with E-state index in [1.807, 2.05) is 0 Å². The van der Waals surface area contributed by atoms with Crippen LogP contribution in [0.5, 0.6) is 0 Å². The van der Waals surface area contributed by atoms with Gasteiger partial charge >= 0.3 is 17.9 Å². The summed E-state index contributed by atoms with van der Waals surface area (Å²) >= 11 is 0. The second-order valence-corrected chi connectivity index (χ2v) is 4.34. The number of hydrogen-bond acceptors (Lipinski definition) is 4. The summed E-state index contributed by atoms with van der Waals surface area (Å²) in [6.07, 6.45) is 1.10. The fourth-order valence-electron chi connectivity index (χ4n) is 1.92. The van der Waals surface area contributed by atoms with E-state index >= 15 is 0 Å². The average Bonchev–Trinajstić information content (AvgIpc) is 2.46. The molecule has 1 aromatic heterocycles. The number of aromatic nitrogens is 1. The Morgan fingerprint density at radius 1 is 0.818 bits per heavy atom. The normalized spacial score (nSPS) is 10.2. The Balaban J connectivity index is 2.77. The van der Waals surface area contributed by atoms with Crippen LogP contribution in [0.3, 0.4) is 0 Å². The third kappa shape index (κ3) is 2.85. The van der Waals surface area contributed by atoms with Gasteiger partial charge < -0.3 is 20.3 Å². The summed E-state index contributed by atoms with van der Waals surface area (Å²) in [5.41, 5.74) is -1.55. The minimum Gasteiger partial charge on any atom is -0.478 e. The van der Waals surface area contributed by atoms with Gasteiger partial charge in [-0.3, -0.25) is 4.79 Å². The molecule has 4 N–H and O–H groups in total. The highest BCUT2D eigenvalue weighted by Crippen LogP contribution is 2.25. The molecule has 2 rings (SSSR count). The molecule has 0 aliphatic rings. The lowest BCUT2D eigenvalue weighted by Crippen LogP contribution is -2.11. The first kappa shape index (κ1) is 15.0. The summed E-state index contributed by atoms with van der Waals surface area (Å²) in [4.78, 5) is 46.8. The van der Waals surface area contributed by atoms with Crippen LogP contribution in [0.1, 0.15) is 31.1 Å². The molecule has 8 heteroatoms. The summed E-state index contributed by atoms with van der Waals surface area (Å²) in [7, 11) is 0. The molecule has 0 atom stereocenters. The van der Waals surface area contributed by atoms with Crippen molar-refractivity contribution in [3.05, 3.63) is 57.5 Å². The van der Waals surface area contributed by atoms with Crippen molar-refractivity contribution in [1.29, 1.82) is 0 Å². The Labute approximate surface area is 122 Å². The molecule has 8 nitrogen and oxygen atoms in total. The van der Waals surface area contributed by atoms with Crippen LogP contribution in [0, 0.1) is 0 Å². The third-order valence-electron chi connectivity index (χ3n) is 2.89. The highest BCUT2D eigenvalue weighted by molar-refractivity contribution is 5.99. The van der Waals surface area contributed by atoms with E-state index in [9.17, 15) is 19.2 Å². The van der Waals surface area contributed by atoms with Gasteiger partial charge in [0.05, 0.1) is 16.7 Å². The molecule has 0 spiro atoms. The number of carboxylic acids is 3. The molecular formula is C14H9NO7. The average molecular weight is 303 g/mol. The summed E-state index contributed by atoms with van der Waals surface area (Å²) in [5, 5.41) is 27.2. The summed E-state index contributed by atoms with van der Waals surface area (Å²) < 4.78 is 0. The maximum Gasteiger partial charge on any atom is 0.336 e. The van der Waals surface area contributed by atoms with Crippen molar-refractivity contribution in [1.82, 2.24) is 4.98 Å². The van der Waals surface area contributed by atoms with Gasteiger partial charge in [-0.05, 0) is 23.8 Å². The van der Waals surface area contributed by atoms with Crippen molar-refractivity contribution >= 4 is 17.9 Å². The number of rotatable bonds is 4. The molecule has 0 aliphatic carbocycles. The van der Waals surface area contributed by atoms with Gasteiger partial charge in [-0.2, -0.15) is 0 Å². The zero-order valence-electron chi connectivity index (χ0n) is 10.9. The number of carboxylic acid groups (broad SMARTS) is 3. The summed E-state index contributed by atoms with van der Waals surface area (Å²) in [5.74, 6) is -4.10. The molecule has 22 heavy (non-hydrogen) atoms. The Kier molecular flexibility index (Phi) is 3.76. The van der Waals surface area contributed by atoms with Crippen LogP contribution >= 0.6 is 0 Å². The highest BCUT2D eigenvalue weighted by atomic mass is 16.4. The van der Waals surface area contributed by atoms with Crippen molar-refractivity contribution in [3.8, 4) is 11.1 Å². The molecule has 0 bridgehead atoms. The van der Waals surface area contributed by atoms with Crippen molar-refractivity contribution < 1.29 is 29.7 Å². The molecule has 0 saturated carbocycles. The number of aromatic carboxylic acids is 3. The van der Waals surface area contributed by atoms with E-state index in [4.69, 9.17) is 15.3 Å². The number of hydrogen-bond donors (Lipinski definition) is 4. The lowest BCUT2D eigenvalue weighted by atomic mass is 9.97. The molecule has 0 radical (unpaired) electrons. The van der Waals surface area contributed by atoms with Gasteiger partial charge in [0.1, 0.15) is 0 Å². The van der Waals surface area contributed by atoms with Gasteiger partial charge in [0.25, 0.3) is 0 Å². The largest absolute Gasteiger partial charge is 0.478 e. The Morgan fingerprint density at radius 2 is 1.36 bits per heavy atom. The maximum absolute atomic E-state index is 11.2. The number of nitrogens with one attached hydrogen (secondary N) is 1. The topological polar surface area (TPSA) is 145 Å². The number of pyridine rings is 1. The fraction of sp³-hybridized carbons (Fsp3) is 0. The molecule has 0 saturated heterocycles. The number of benzene rings is 1. The van der Waals surface area contributed by atoms with Crippen LogP contribution in [0.4, 0.5) is 0 Å². The van der Waals surface area contributed by atoms with Crippen LogP contribution < -0.4 is 5.56 Å². The number of H-pyrrole nitrogens is 1. The zero-order valence-corrected chi connectivity index (χ0v) is 10.9. The fourth-order valence-corrected chi connectivity index (χ4v) is 1.92. The molecular weight excluding hydrogens is 294 g/mol. The lowest BCUT2D eigenvalue weighted by molar-refractivity contribution is 0.0683. The smallest absolute Gasteiger partial charge is 0.336 e. The van der Waals surface area contributed by atoms with E-state index in [0.717, 1.165) is 30.5 Å². The van der Waals surface area contributed by atoms with E-state index in [1.165, 1.54) is 0 Å². The van der Waals surface area contributed by atoms with Gasteiger partial charge in [-0.25, -0.2) is 14.4 Å². The SMILES string of the molecule is O=C(O)c1cc(C(=O)O)cc(-c2c[nH]c(=O)cc2C(=O)O)c1. The number of aromatic amines is 1. The first-order chi connectivity index (χ1) is 10.3. The molecule has 0 aliphatic heterocycles. The Hall–Kier alpha value is -3.42. The van der Waals surface area contributed by atoms with E-state index in [-0.39, 0.29) is 27.8 Å². The van der Waals surface area contributed by atoms with E-state index in [0.29, 0.717) is 0 Å². The van der Waals surface area contributed by atoms with Crippen LogP contribution in [0.25, 0.3) is 11.1 Å². The van der Waals surface area contributed by atoms with Crippen LogP contribution in [0.2, 0.25) is 0 Å². The van der Waals surface area contributed by atoms with Gasteiger partial charge in [-0.15, -0.1) is 0 Å². The second kappa shape index (κ2) is 5.52. The predicted molar refractivity (Wildman–Crippen MR) is 73.4 cm³/mol. The van der Waals surface area contributed by atoms with E-state index in [1.54, 1.807) is 0 Å². The minimum atomic E-state index is -1.39. The Morgan fingerprint density at radius 3 is 1.82 bits per heavy atom. The highest BCUT2D eigenvalue weighted by Gasteiger charge is 2.17. The van der Waals surface area contributed by atoms with Gasteiger partial charge in [-0.1, -0.05) is 0 Å². The standard InChI is InChI=1S/C14H9NO7/c16-11-4-9(14(21)22)10(5-15-11)6-1-7(12(17)18)3-8(2-6)13(19)20/h1-5H,(H,15,16)(H,17,18)(H,19,20)(H,21,22). The molecule has 0 amide bonds. The molecule has 2 aromatic rings. The van der Waals surface area contributed by atoms with Crippen molar-refractivity contribution in [2.24, 2.45) is 0 Å². The van der Waals surface area contributed by atoms with E-state index in [2.05, 4.69) is 4.98 Å². The molecule has 0 fully saturated rings. The molecule has 0 unspecified atom stereocenters. The third-order valence-corrected chi connectivity index (χ3v) is 2.89. The zero-order chi connectivity index (χ0) is 16.4. The quantitative estimate of drug-likeness (QED) is 0.662. The summed E-state index contributed by atoms with van der Waals surface area (Å²) in [6, 6.07) is 4.07. The first-order valence-electron chi connectivity index (χ1n) is 5.87. The van der Waals surface area contributed by atoms with Crippen LogP contribution in [-0.2, 0) is 0 Å². The van der Waals surface area contributed by atoms with Gasteiger partial charge in [0.15, 0.2) is 0 Å². The number of carbonyl (C=O) groups is 3. The van der Waals surface area contributed by atoms with Gasteiger partial charge in [0.2, 0.25) is 5.56 Å². The maximum atomic E-state index is 11.2. The monoisotopic (exact) mass is 303 g/mol. The van der Waals surface area contributed by atoms with Crippen molar-refractivity contribution in [2.75, 3.05) is 0 Å². The second-order valence-electron chi connectivity index (χ2n) is 4.34. The molecule has 1 heterocycles. The minimum absolute atomic E-state index is 0.0118. The summed E-state index contributed by atoms with van der Waals surface area (Å²) in [6.45, 7) is 0. The Bertz CT molecular complexity index is 818.